The van der Waals surface area contributed by atoms with Crippen molar-refractivity contribution in [3.8, 4) is 0 Å². The number of hydrogen-bond acceptors (Lipinski definition) is 2. The van der Waals surface area contributed by atoms with Gasteiger partial charge in [-0.25, -0.2) is 0 Å². The van der Waals surface area contributed by atoms with Crippen LogP contribution in [0.2, 0.25) is 0 Å². The Morgan fingerprint density at radius 1 is 1.22 bits per heavy atom. The smallest absolute Gasteiger partial charge is 0.118 e. The molecule has 2 heterocycles. The molecule has 0 spiro atoms. The van der Waals surface area contributed by atoms with E-state index in [0.29, 0.717) is 17.9 Å². The quantitative estimate of drug-likeness (QED) is 0.728. The van der Waals surface area contributed by atoms with Crippen LogP contribution in [0.15, 0.2) is 24.3 Å². The summed E-state index contributed by atoms with van der Waals surface area (Å²) in [6, 6.07) is 9.03. The van der Waals surface area contributed by atoms with Crippen LogP contribution in [0.1, 0.15) is 70.4 Å². The maximum absolute atomic E-state index is 6.79. The van der Waals surface area contributed by atoms with Crippen molar-refractivity contribution in [1.82, 2.24) is 4.90 Å². The Balaban J connectivity index is 1.74. The minimum Gasteiger partial charge on any atom is -0.359 e. The molecular weight excluding hydrogens is 282 g/mol. The van der Waals surface area contributed by atoms with Gasteiger partial charge in [-0.2, -0.15) is 0 Å². The summed E-state index contributed by atoms with van der Waals surface area (Å²) in [6.45, 7) is 10.7. The fourth-order valence-corrected chi connectivity index (χ4v) is 5.49. The third kappa shape index (κ3) is 2.37. The second-order valence-corrected chi connectivity index (χ2v) is 8.58. The highest BCUT2D eigenvalue weighted by molar-refractivity contribution is 5.34. The SMILES string of the molecule is CC[C@H]1c2ccccc2CN2C1OC1C[C@H](C)CC[C@H]1C2(C)C. The summed E-state index contributed by atoms with van der Waals surface area (Å²) in [6.07, 6.45) is 5.80. The number of rotatable bonds is 1. The number of nitrogens with zero attached hydrogens (tertiary/aromatic N) is 1. The molecule has 1 aromatic carbocycles. The van der Waals surface area contributed by atoms with Crippen LogP contribution < -0.4 is 0 Å². The molecule has 1 aliphatic carbocycles. The van der Waals surface area contributed by atoms with Crippen LogP contribution in [-0.2, 0) is 11.3 Å². The molecule has 2 unspecified atom stereocenters. The minimum atomic E-state index is 0.231. The van der Waals surface area contributed by atoms with Gasteiger partial charge in [0, 0.05) is 23.9 Å². The molecule has 2 aliphatic heterocycles. The Kier molecular flexibility index (Phi) is 3.81. The zero-order valence-electron chi connectivity index (χ0n) is 15.1. The Hall–Kier alpha value is -0.860. The van der Waals surface area contributed by atoms with Crippen molar-refractivity contribution in [3.63, 3.8) is 0 Å². The second kappa shape index (κ2) is 5.60. The number of ether oxygens (including phenoxy) is 1. The molecule has 2 fully saturated rings. The van der Waals surface area contributed by atoms with E-state index in [2.05, 4.69) is 56.9 Å². The molecule has 1 saturated carbocycles. The molecule has 0 bridgehead atoms. The van der Waals surface area contributed by atoms with E-state index in [1.165, 1.54) is 30.4 Å². The van der Waals surface area contributed by atoms with Crippen molar-refractivity contribution in [2.24, 2.45) is 11.8 Å². The Labute approximate surface area is 141 Å². The predicted octanol–water partition coefficient (Wildman–Crippen LogP) is 4.94. The van der Waals surface area contributed by atoms with E-state index in [9.17, 15) is 0 Å². The first-order valence-electron chi connectivity index (χ1n) is 9.52. The summed E-state index contributed by atoms with van der Waals surface area (Å²) < 4.78 is 6.79. The van der Waals surface area contributed by atoms with E-state index in [0.717, 1.165) is 18.9 Å². The zero-order valence-corrected chi connectivity index (χ0v) is 15.1. The molecule has 0 amide bonds. The number of benzene rings is 1. The Bertz CT molecular complexity index is 581. The minimum absolute atomic E-state index is 0.231. The van der Waals surface area contributed by atoms with Gasteiger partial charge in [-0.15, -0.1) is 0 Å². The Morgan fingerprint density at radius 2 is 2.00 bits per heavy atom. The van der Waals surface area contributed by atoms with Gasteiger partial charge in [0.05, 0.1) is 6.10 Å². The van der Waals surface area contributed by atoms with Crippen LogP contribution in [0.5, 0.6) is 0 Å². The molecule has 1 saturated heterocycles. The molecule has 2 heteroatoms. The van der Waals surface area contributed by atoms with Crippen molar-refractivity contribution in [2.75, 3.05) is 0 Å². The van der Waals surface area contributed by atoms with Gasteiger partial charge < -0.3 is 4.74 Å². The van der Waals surface area contributed by atoms with Crippen LogP contribution in [0.3, 0.4) is 0 Å². The molecule has 0 aromatic heterocycles. The summed E-state index contributed by atoms with van der Waals surface area (Å²) in [5.41, 5.74) is 3.26. The van der Waals surface area contributed by atoms with Gasteiger partial charge in [-0.3, -0.25) is 4.90 Å². The molecule has 1 aromatic rings. The van der Waals surface area contributed by atoms with Crippen LogP contribution in [0, 0.1) is 11.8 Å². The third-order valence-corrected chi connectivity index (χ3v) is 6.90. The van der Waals surface area contributed by atoms with Gasteiger partial charge in [0.15, 0.2) is 0 Å². The third-order valence-electron chi connectivity index (χ3n) is 6.90. The van der Waals surface area contributed by atoms with E-state index < -0.39 is 0 Å². The second-order valence-electron chi connectivity index (χ2n) is 8.58. The number of fused-ring (bicyclic) bond motifs is 3. The van der Waals surface area contributed by atoms with Crippen molar-refractivity contribution in [3.05, 3.63) is 35.4 Å². The topological polar surface area (TPSA) is 12.5 Å². The normalized spacial score (nSPS) is 39.2. The molecule has 4 rings (SSSR count). The monoisotopic (exact) mass is 313 g/mol. The lowest BCUT2D eigenvalue weighted by Gasteiger charge is -2.60. The van der Waals surface area contributed by atoms with E-state index in [-0.39, 0.29) is 11.8 Å². The predicted molar refractivity (Wildman–Crippen MR) is 94.3 cm³/mol. The summed E-state index contributed by atoms with van der Waals surface area (Å²) in [5, 5.41) is 0. The van der Waals surface area contributed by atoms with Gasteiger partial charge in [-0.05, 0) is 50.2 Å². The van der Waals surface area contributed by atoms with Crippen LogP contribution >= 0.6 is 0 Å². The average molecular weight is 313 g/mol. The molecular formula is C21H31NO. The number of hydrogen-bond donors (Lipinski definition) is 0. The maximum Gasteiger partial charge on any atom is 0.118 e. The van der Waals surface area contributed by atoms with Crippen LogP contribution in [0.4, 0.5) is 0 Å². The van der Waals surface area contributed by atoms with Gasteiger partial charge in [0.1, 0.15) is 6.23 Å². The van der Waals surface area contributed by atoms with Crippen molar-refractivity contribution in [1.29, 1.82) is 0 Å². The molecule has 23 heavy (non-hydrogen) atoms. The standard InChI is InChI=1S/C21H31NO/c1-5-16-17-9-7-6-8-15(17)13-22-20(16)23-19-12-14(2)10-11-18(19)21(22,3)4/h6-9,14,16,18-20H,5,10-13H2,1-4H3/t14-,16+,18-,19?,20?/m1/s1. The molecule has 2 nitrogen and oxygen atoms in total. The first-order valence-corrected chi connectivity index (χ1v) is 9.52. The first kappa shape index (κ1) is 15.7. The lowest BCUT2D eigenvalue weighted by Crippen LogP contribution is -2.66. The highest BCUT2D eigenvalue weighted by atomic mass is 16.5. The highest BCUT2D eigenvalue weighted by Crippen LogP contribution is 2.50. The molecule has 0 N–H and O–H groups in total. The van der Waals surface area contributed by atoms with Gasteiger partial charge >= 0.3 is 0 Å². The van der Waals surface area contributed by atoms with E-state index in [4.69, 9.17) is 4.74 Å². The zero-order chi connectivity index (χ0) is 16.2. The van der Waals surface area contributed by atoms with E-state index in [1.807, 2.05) is 0 Å². The van der Waals surface area contributed by atoms with Crippen molar-refractivity contribution >= 4 is 0 Å². The highest BCUT2D eigenvalue weighted by Gasteiger charge is 2.53. The van der Waals surface area contributed by atoms with Crippen molar-refractivity contribution < 1.29 is 4.74 Å². The van der Waals surface area contributed by atoms with Crippen molar-refractivity contribution in [2.45, 2.75) is 83.7 Å². The molecule has 5 atom stereocenters. The van der Waals surface area contributed by atoms with Gasteiger partial charge in [-0.1, -0.05) is 44.5 Å². The van der Waals surface area contributed by atoms with Gasteiger partial charge in [0.2, 0.25) is 0 Å². The largest absolute Gasteiger partial charge is 0.359 e. The fraction of sp³-hybridized carbons (Fsp3) is 0.714. The van der Waals surface area contributed by atoms with Gasteiger partial charge in [0.25, 0.3) is 0 Å². The average Bonchev–Trinajstić information content (AvgIpc) is 2.53. The molecule has 3 aliphatic rings. The summed E-state index contributed by atoms with van der Waals surface area (Å²) in [5.74, 6) is 2.00. The summed E-state index contributed by atoms with van der Waals surface area (Å²) >= 11 is 0. The first-order chi connectivity index (χ1) is 11.0. The van der Waals surface area contributed by atoms with Crippen LogP contribution in [0.25, 0.3) is 0 Å². The maximum atomic E-state index is 6.79. The summed E-state index contributed by atoms with van der Waals surface area (Å²) in [4.78, 5) is 2.68. The fourth-order valence-electron chi connectivity index (χ4n) is 5.49. The Morgan fingerprint density at radius 3 is 2.78 bits per heavy atom. The van der Waals surface area contributed by atoms with Crippen LogP contribution in [-0.4, -0.2) is 22.8 Å². The van der Waals surface area contributed by atoms with E-state index >= 15 is 0 Å². The molecule has 0 radical (unpaired) electrons. The molecule has 126 valence electrons. The van der Waals surface area contributed by atoms with E-state index in [1.54, 1.807) is 0 Å². The summed E-state index contributed by atoms with van der Waals surface area (Å²) in [7, 11) is 0. The lowest BCUT2D eigenvalue weighted by atomic mass is 9.68. The lowest BCUT2D eigenvalue weighted by molar-refractivity contribution is -0.248.